The number of halogens is 1. The molecule has 0 aliphatic carbocycles. The van der Waals surface area contributed by atoms with Crippen LogP contribution in [0.5, 0.6) is 11.8 Å². The monoisotopic (exact) mass is 474 g/mol. The third-order valence-corrected chi connectivity index (χ3v) is 6.02. The van der Waals surface area contributed by atoms with Gasteiger partial charge in [-0.2, -0.15) is 9.97 Å². The second-order valence-electron chi connectivity index (χ2n) is 6.40. The van der Waals surface area contributed by atoms with Crippen molar-refractivity contribution in [3.63, 3.8) is 0 Å². The quantitative estimate of drug-likeness (QED) is 0.211. The molecule has 1 aromatic carbocycles. The molecule has 2 aromatic heterocycles. The number of benzene rings is 1. The van der Waals surface area contributed by atoms with E-state index in [2.05, 4.69) is 33.1 Å². The molecule has 0 radical (unpaired) electrons. The number of aromatic hydroxyl groups is 2. The molecule has 0 bridgehead atoms. The van der Waals surface area contributed by atoms with Gasteiger partial charge in [-0.1, -0.05) is 47.8 Å². The number of aromatic amines is 2. The second-order valence-corrected chi connectivity index (χ2v) is 8.42. The van der Waals surface area contributed by atoms with Gasteiger partial charge in [-0.15, -0.1) is 13.2 Å². The number of rotatable bonds is 9. The third kappa shape index (κ3) is 5.11. The van der Waals surface area contributed by atoms with E-state index in [0.717, 1.165) is 35.7 Å². The fraction of sp³-hybridized carbons (Fsp3) is 0.143. The Balaban J connectivity index is 2.23. The zero-order valence-electron chi connectivity index (χ0n) is 16.7. The molecule has 0 amide bonds. The first-order valence-electron chi connectivity index (χ1n) is 9.24. The smallest absolute Gasteiger partial charge is 0.259 e. The van der Waals surface area contributed by atoms with Crippen molar-refractivity contribution in [2.75, 3.05) is 11.5 Å². The summed E-state index contributed by atoms with van der Waals surface area (Å²) in [5.74, 6) is -2.17. The fourth-order valence-corrected chi connectivity index (χ4v) is 4.15. The fourth-order valence-electron chi connectivity index (χ4n) is 2.97. The van der Waals surface area contributed by atoms with Gasteiger partial charge in [0.2, 0.25) is 11.8 Å². The Kier molecular flexibility index (Phi) is 7.54. The van der Waals surface area contributed by atoms with Gasteiger partial charge in [0, 0.05) is 11.5 Å². The lowest BCUT2D eigenvalue weighted by molar-refractivity contribution is 0.424. The van der Waals surface area contributed by atoms with Gasteiger partial charge in [-0.05, 0) is 17.7 Å². The highest BCUT2D eigenvalue weighted by molar-refractivity contribution is 7.99. The first-order valence-corrected chi connectivity index (χ1v) is 11.2. The molecule has 3 aromatic rings. The summed E-state index contributed by atoms with van der Waals surface area (Å²) in [4.78, 5) is 38.9. The minimum absolute atomic E-state index is 0.154. The number of aromatic nitrogens is 4. The number of hydrogen-bond donors (Lipinski definition) is 4. The molecule has 0 spiro atoms. The van der Waals surface area contributed by atoms with E-state index in [1.807, 2.05) is 0 Å². The lowest BCUT2D eigenvalue weighted by atomic mass is 9.87. The van der Waals surface area contributed by atoms with Gasteiger partial charge in [0.1, 0.15) is 5.82 Å². The maximum Gasteiger partial charge on any atom is 0.259 e. The normalized spacial score (nSPS) is 10.9. The Bertz CT molecular complexity index is 1180. The Morgan fingerprint density at radius 2 is 1.34 bits per heavy atom. The molecule has 4 N–H and O–H groups in total. The van der Waals surface area contributed by atoms with E-state index in [9.17, 15) is 24.2 Å². The van der Waals surface area contributed by atoms with Crippen LogP contribution in [0.15, 0.2) is 69.5 Å². The molecule has 0 aliphatic rings. The molecule has 2 heterocycles. The van der Waals surface area contributed by atoms with Crippen LogP contribution in [0.1, 0.15) is 22.6 Å². The molecular weight excluding hydrogens is 455 g/mol. The summed E-state index contributed by atoms with van der Waals surface area (Å²) in [6.45, 7) is 7.17. The molecule has 0 aliphatic heterocycles. The molecule has 11 heteroatoms. The molecule has 3 rings (SSSR count). The molecule has 0 fully saturated rings. The predicted octanol–water partition coefficient (Wildman–Crippen LogP) is 3.14. The van der Waals surface area contributed by atoms with Crippen LogP contribution >= 0.6 is 23.5 Å². The van der Waals surface area contributed by atoms with Gasteiger partial charge in [0.05, 0.1) is 17.0 Å². The van der Waals surface area contributed by atoms with Crippen molar-refractivity contribution in [3.8, 4) is 11.8 Å². The molecule has 166 valence electrons. The molecule has 0 unspecified atom stereocenters. The van der Waals surface area contributed by atoms with Crippen LogP contribution in [-0.2, 0) is 0 Å². The average molecular weight is 475 g/mol. The second kappa shape index (κ2) is 10.3. The van der Waals surface area contributed by atoms with Gasteiger partial charge in [0.15, 0.2) is 10.3 Å². The van der Waals surface area contributed by atoms with Crippen LogP contribution in [0.25, 0.3) is 0 Å². The van der Waals surface area contributed by atoms with Crippen molar-refractivity contribution in [1.29, 1.82) is 0 Å². The standard InChI is InChI=1S/C21H19FN4O4S2/c1-3-9-31-20-23-16(27)14(17(28)24-20)13(11-5-7-12(22)8-6-11)15-18(29)25-21(26-19(15)30)32-10-4-2/h3-8,13H,1-2,9-10H2,(H2,23,24,27,28)(H2,25,26,29,30). The summed E-state index contributed by atoms with van der Waals surface area (Å²) in [5, 5.41) is 21.5. The highest BCUT2D eigenvalue weighted by Gasteiger charge is 2.31. The van der Waals surface area contributed by atoms with E-state index in [0.29, 0.717) is 11.5 Å². The van der Waals surface area contributed by atoms with Crippen molar-refractivity contribution in [2.45, 2.75) is 16.2 Å². The van der Waals surface area contributed by atoms with Crippen LogP contribution in [-0.4, -0.2) is 41.7 Å². The molecule has 32 heavy (non-hydrogen) atoms. The minimum atomic E-state index is -1.26. The van der Waals surface area contributed by atoms with E-state index in [1.54, 1.807) is 12.2 Å². The van der Waals surface area contributed by atoms with Gasteiger partial charge in [-0.3, -0.25) is 9.59 Å². The Morgan fingerprint density at radius 3 is 1.72 bits per heavy atom. The number of hydrogen-bond acceptors (Lipinski definition) is 8. The van der Waals surface area contributed by atoms with E-state index in [-0.39, 0.29) is 27.0 Å². The highest BCUT2D eigenvalue weighted by atomic mass is 32.2. The van der Waals surface area contributed by atoms with Crippen molar-refractivity contribution in [2.24, 2.45) is 0 Å². The molecule has 0 saturated heterocycles. The van der Waals surface area contributed by atoms with Crippen LogP contribution in [0.2, 0.25) is 0 Å². The summed E-state index contributed by atoms with van der Waals surface area (Å²) >= 11 is 2.29. The number of nitrogens with one attached hydrogen (secondary N) is 2. The summed E-state index contributed by atoms with van der Waals surface area (Å²) in [7, 11) is 0. The van der Waals surface area contributed by atoms with E-state index >= 15 is 0 Å². The van der Waals surface area contributed by atoms with Crippen LogP contribution in [0, 0.1) is 5.82 Å². The number of nitrogens with zero attached hydrogens (tertiary/aromatic N) is 2. The van der Waals surface area contributed by atoms with E-state index in [1.165, 1.54) is 12.1 Å². The van der Waals surface area contributed by atoms with Crippen LogP contribution in [0.4, 0.5) is 4.39 Å². The van der Waals surface area contributed by atoms with E-state index in [4.69, 9.17) is 0 Å². The Hall–Kier alpha value is -3.31. The molecule has 0 saturated carbocycles. The number of thioether (sulfide) groups is 2. The zero-order valence-corrected chi connectivity index (χ0v) is 18.3. The first-order chi connectivity index (χ1) is 15.3. The topological polar surface area (TPSA) is 132 Å². The van der Waals surface area contributed by atoms with Crippen molar-refractivity contribution in [1.82, 2.24) is 19.9 Å². The van der Waals surface area contributed by atoms with Crippen LogP contribution in [0.3, 0.4) is 0 Å². The SMILES string of the molecule is C=CCSc1nc(O)c(C(c2ccc(F)cc2)c2c(O)nc(SCC=C)[nH]c2=O)c(=O)[nH]1. The van der Waals surface area contributed by atoms with Crippen molar-refractivity contribution in [3.05, 3.63) is 92.8 Å². The van der Waals surface area contributed by atoms with Crippen LogP contribution < -0.4 is 11.1 Å². The van der Waals surface area contributed by atoms with Gasteiger partial charge < -0.3 is 20.2 Å². The minimum Gasteiger partial charge on any atom is -0.493 e. The van der Waals surface area contributed by atoms with E-state index < -0.39 is 34.6 Å². The average Bonchev–Trinajstić information content (AvgIpc) is 2.75. The molecular formula is C21H19FN4O4S2. The zero-order chi connectivity index (χ0) is 23.3. The number of H-pyrrole nitrogens is 2. The first kappa shape index (κ1) is 23.4. The maximum atomic E-state index is 13.5. The van der Waals surface area contributed by atoms with Crippen molar-refractivity contribution >= 4 is 23.5 Å². The highest BCUT2D eigenvalue weighted by Crippen LogP contribution is 2.36. The lowest BCUT2D eigenvalue weighted by Crippen LogP contribution is -2.26. The van der Waals surface area contributed by atoms with Gasteiger partial charge in [-0.25, -0.2) is 4.39 Å². The summed E-state index contributed by atoms with van der Waals surface area (Å²) < 4.78 is 13.5. The summed E-state index contributed by atoms with van der Waals surface area (Å²) in [5.41, 5.74) is -1.73. The molecule has 8 nitrogen and oxygen atoms in total. The summed E-state index contributed by atoms with van der Waals surface area (Å²) in [6.07, 6.45) is 3.21. The van der Waals surface area contributed by atoms with Crippen molar-refractivity contribution < 1.29 is 14.6 Å². The predicted molar refractivity (Wildman–Crippen MR) is 122 cm³/mol. The maximum absolute atomic E-state index is 13.5. The Labute approximate surface area is 190 Å². The molecule has 0 atom stereocenters. The Morgan fingerprint density at radius 1 is 0.906 bits per heavy atom. The van der Waals surface area contributed by atoms with Gasteiger partial charge >= 0.3 is 0 Å². The van der Waals surface area contributed by atoms with Gasteiger partial charge in [0.25, 0.3) is 11.1 Å². The third-order valence-electron chi connectivity index (χ3n) is 4.28. The summed E-state index contributed by atoms with van der Waals surface area (Å²) in [6, 6.07) is 4.97. The lowest BCUT2D eigenvalue weighted by Gasteiger charge is -2.19. The largest absolute Gasteiger partial charge is 0.493 e.